The highest BCUT2D eigenvalue weighted by Crippen LogP contribution is 2.39. The smallest absolute Gasteiger partial charge is 0.184 e. The summed E-state index contributed by atoms with van der Waals surface area (Å²) in [5, 5.41) is 14.7. The van der Waals surface area contributed by atoms with Gasteiger partial charge in [-0.2, -0.15) is 0 Å². The van der Waals surface area contributed by atoms with Gasteiger partial charge in [-0.1, -0.05) is 65.4 Å². The van der Waals surface area contributed by atoms with E-state index < -0.39 is 36.1 Å². The Bertz CT molecular complexity index is 803. The van der Waals surface area contributed by atoms with Crippen LogP contribution in [0.25, 0.3) is 10.4 Å². The number of benzene rings is 2. The summed E-state index contributed by atoms with van der Waals surface area (Å²) < 4.78 is 17.9. The summed E-state index contributed by atoms with van der Waals surface area (Å²) >= 11 is 1.41. The number of fused-ring (bicyclic) bond motifs is 1. The maximum absolute atomic E-state index is 10.9. The summed E-state index contributed by atoms with van der Waals surface area (Å²) in [6.45, 7) is 0.288. The Balaban J connectivity index is 1.53. The van der Waals surface area contributed by atoms with Crippen molar-refractivity contribution in [2.75, 3.05) is 6.61 Å². The van der Waals surface area contributed by atoms with Crippen molar-refractivity contribution < 1.29 is 19.3 Å². The normalized spacial score (nSPS) is 32.9. The molecule has 2 saturated heterocycles. The molecule has 2 heterocycles. The molecule has 0 bridgehead atoms. The molecule has 8 heteroatoms. The van der Waals surface area contributed by atoms with Crippen molar-refractivity contribution in [2.45, 2.75) is 41.0 Å². The average Bonchev–Trinajstić information content (AvgIpc) is 2.72. The van der Waals surface area contributed by atoms with Crippen LogP contribution in [0.4, 0.5) is 0 Å². The number of hydrogen-bond acceptors (Lipinski definition) is 6. The predicted molar refractivity (Wildman–Crippen MR) is 99.9 cm³/mol. The highest BCUT2D eigenvalue weighted by atomic mass is 32.2. The Kier molecular flexibility index (Phi) is 5.63. The van der Waals surface area contributed by atoms with Crippen LogP contribution in [-0.4, -0.2) is 41.5 Å². The van der Waals surface area contributed by atoms with Crippen molar-refractivity contribution in [1.82, 2.24) is 0 Å². The minimum atomic E-state index is -0.990. The highest BCUT2D eigenvalue weighted by Gasteiger charge is 2.49. The number of thioether (sulfide) groups is 1. The lowest BCUT2D eigenvalue weighted by atomic mass is 9.97. The second-order valence-electron chi connectivity index (χ2n) is 6.34. The van der Waals surface area contributed by atoms with Gasteiger partial charge in [0.2, 0.25) is 0 Å². The predicted octanol–water partition coefficient (Wildman–Crippen LogP) is 3.66. The van der Waals surface area contributed by atoms with E-state index in [0.717, 1.165) is 10.5 Å². The van der Waals surface area contributed by atoms with Gasteiger partial charge in [0, 0.05) is 15.4 Å². The van der Waals surface area contributed by atoms with Crippen molar-refractivity contribution in [2.24, 2.45) is 5.11 Å². The number of ether oxygens (including phenoxy) is 3. The van der Waals surface area contributed by atoms with Crippen molar-refractivity contribution in [1.29, 1.82) is 0 Å². The Morgan fingerprint density at radius 3 is 2.44 bits per heavy atom. The Labute approximate surface area is 160 Å². The van der Waals surface area contributed by atoms with Crippen molar-refractivity contribution >= 4 is 11.8 Å². The summed E-state index contributed by atoms with van der Waals surface area (Å²) in [6.07, 6.45) is -2.65. The second kappa shape index (κ2) is 8.31. The molecule has 6 atom stereocenters. The minimum Gasteiger partial charge on any atom is -0.390 e. The molecule has 7 nitrogen and oxygen atoms in total. The van der Waals surface area contributed by atoms with Crippen molar-refractivity contribution in [3.63, 3.8) is 0 Å². The largest absolute Gasteiger partial charge is 0.390 e. The van der Waals surface area contributed by atoms with Gasteiger partial charge in [0.15, 0.2) is 6.29 Å². The first kappa shape index (κ1) is 18.3. The number of azide groups is 1. The number of rotatable bonds is 4. The van der Waals surface area contributed by atoms with Gasteiger partial charge < -0.3 is 19.3 Å². The molecule has 0 radical (unpaired) electrons. The van der Waals surface area contributed by atoms with Gasteiger partial charge in [-0.05, 0) is 17.7 Å². The number of hydrogen-bond donors (Lipinski definition) is 1. The summed E-state index contributed by atoms with van der Waals surface area (Å²) in [5.41, 5.74) is 9.30. The first-order chi connectivity index (χ1) is 13.3. The van der Waals surface area contributed by atoms with Crippen molar-refractivity contribution in [3.8, 4) is 0 Å². The van der Waals surface area contributed by atoms with Gasteiger partial charge in [0.25, 0.3) is 0 Å². The van der Waals surface area contributed by atoms with Crippen LogP contribution < -0.4 is 0 Å². The monoisotopic (exact) mass is 385 g/mol. The molecule has 27 heavy (non-hydrogen) atoms. The van der Waals surface area contributed by atoms with E-state index in [-0.39, 0.29) is 6.61 Å². The van der Waals surface area contributed by atoms with E-state index in [2.05, 4.69) is 10.0 Å². The molecule has 0 aromatic heterocycles. The van der Waals surface area contributed by atoms with Gasteiger partial charge in [-0.15, -0.1) is 0 Å². The summed E-state index contributed by atoms with van der Waals surface area (Å²) in [4.78, 5) is 3.87. The first-order valence-corrected chi connectivity index (χ1v) is 9.55. The van der Waals surface area contributed by atoms with Crippen LogP contribution >= 0.6 is 11.8 Å². The van der Waals surface area contributed by atoms with Crippen LogP contribution in [0.3, 0.4) is 0 Å². The molecule has 4 rings (SSSR count). The fraction of sp³-hybridized carbons (Fsp3) is 0.368. The third-order valence-corrected chi connectivity index (χ3v) is 5.75. The fourth-order valence-electron chi connectivity index (χ4n) is 3.27. The topological polar surface area (TPSA) is 96.7 Å². The van der Waals surface area contributed by atoms with E-state index in [1.807, 2.05) is 60.7 Å². The Morgan fingerprint density at radius 1 is 1.04 bits per heavy atom. The third kappa shape index (κ3) is 3.96. The summed E-state index contributed by atoms with van der Waals surface area (Å²) in [7, 11) is 0. The molecule has 1 N–H and O–H groups in total. The Hall–Kier alpha value is -2.06. The molecule has 0 aliphatic carbocycles. The second-order valence-corrected chi connectivity index (χ2v) is 7.51. The summed E-state index contributed by atoms with van der Waals surface area (Å²) in [5.74, 6) is 0. The molecule has 140 valence electrons. The van der Waals surface area contributed by atoms with Gasteiger partial charge >= 0.3 is 0 Å². The van der Waals surface area contributed by atoms with Crippen molar-refractivity contribution in [3.05, 3.63) is 76.7 Å². The van der Waals surface area contributed by atoms with Crippen LogP contribution in [0.15, 0.2) is 70.7 Å². The van der Waals surface area contributed by atoms with Crippen LogP contribution in [0.2, 0.25) is 0 Å². The van der Waals surface area contributed by atoms with Crippen LogP contribution in [-0.2, 0) is 14.2 Å². The number of aliphatic hydroxyl groups excluding tert-OH is 1. The molecule has 2 aliphatic heterocycles. The van der Waals surface area contributed by atoms with Gasteiger partial charge in [0.05, 0.1) is 12.7 Å². The zero-order valence-electron chi connectivity index (χ0n) is 14.4. The van der Waals surface area contributed by atoms with Crippen LogP contribution in [0.5, 0.6) is 0 Å². The molecule has 2 aromatic carbocycles. The Morgan fingerprint density at radius 2 is 1.74 bits per heavy atom. The minimum absolute atomic E-state index is 0.288. The maximum atomic E-state index is 10.9. The van der Waals surface area contributed by atoms with E-state index in [1.165, 1.54) is 11.8 Å². The molecule has 3 unspecified atom stereocenters. The molecule has 2 aliphatic rings. The van der Waals surface area contributed by atoms with E-state index >= 15 is 0 Å². The number of nitrogens with zero attached hydrogens (tertiary/aromatic N) is 3. The lowest BCUT2D eigenvalue weighted by Gasteiger charge is -2.46. The first-order valence-electron chi connectivity index (χ1n) is 8.68. The number of aliphatic hydroxyl groups is 1. The standard InChI is InChI=1S/C19H19N3O4S/c20-22-21-15-16(23)17-14(25-19(15)27-13-9-5-2-6-10-13)11-24-18(26-17)12-7-3-1-4-8-12/h1-10,14-19,23H,11H2/t14?,15-,16-,17?,18-,19?/m1/s1. The van der Waals surface area contributed by atoms with E-state index in [9.17, 15) is 5.11 Å². The fourth-order valence-corrected chi connectivity index (χ4v) is 4.41. The van der Waals surface area contributed by atoms with Crippen LogP contribution in [0, 0.1) is 0 Å². The molecule has 0 amide bonds. The van der Waals surface area contributed by atoms with Crippen LogP contribution in [0.1, 0.15) is 11.9 Å². The highest BCUT2D eigenvalue weighted by molar-refractivity contribution is 7.99. The zero-order valence-corrected chi connectivity index (χ0v) is 15.2. The van der Waals surface area contributed by atoms with Gasteiger partial charge in [0.1, 0.15) is 23.7 Å². The molecule has 0 saturated carbocycles. The average molecular weight is 385 g/mol. The van der Waals surface area contributed by atoms with E-state index in [1.54, 1.807) is 0 Å². The van der Waals surface area contributed by atoms with Gasteiger partial charge in [-0.3, -0.25) is 0 Å². The van der Waals surface area contributed by atoms with Gasteiger partial charge in [-0.25, -0.2) is 0 Å². The zero-order chi connectivity index (χ0) is 18.6. The summed E-state index contributed by atoms with van der Waals surface area (Å²) in [6, 6.07) is 18.4. The third-order valence-electron chi connectivity index (χ3n) is 4.59. The lowest BCUT2D eigenvalue weighted by Crippen LogP contribution is -2.60. The maximum Gasteiger partial charge on any atom is 0.184 e. The quantitative estimate of drug-likeness (QED) is 0.492. The lowest BCUT2D eigenvalue weighted by molar-refractivity contribution is -0.305. The molecule has 2 fully saturated rings. The van der Waals surface area contributed by atoms with E-state index in [0.29, 0.717) is 0 Å². The molecular weight excluding hydrogens is 366 g/mol. The molecule has 2 aromatic rings. The molecule has 0 spiro atoms. The van der Waals surface area contributed by atoms with E-state index in [4.69, 9.17) is 19.7 Å². The molecular formula is C19H19N3O4S. The SMILES string of the molecule is [N-]=[N+]=N[C@H]1C(Sc2ccccc2)OC2CO[C@@H](c3ccccc3)OC2[C@@H]1O.